The number of hydrogen-bond acceptors (Lipinski definition) is 2. The number of hydrogen-bond donors (Lipinski definition) is 1. The first-order valence-electron chi connectivity index (χ1n) is 5.27. The van der Waals surface area contributed by atoms with Crippen molar-refractivity contribution in [1.29, 1.82) is 0 Å². The molecule has 1 aliphatic carbocycles. The molecule has 0 unspecified atom stereocenters. The summed E-state index contributed by atoms with van der Waals surface area (Å²) in [6, 6.07) is 9.42. The lowest BCUT2D eigenvalue weighted by molar-refractivity contribution is -0.131. The highest BCUT2D eigenvalue weighted by Gasteiger charge is 2.32. The Morgan fingerprint density at radius 2 is 2.00 bits per heavy atom. The predicted octanol–water partition coefficient (Wildman–Crippen LogP) is 1.31. The lowest BCUT2D eigenvalue weighted by atomic mass is 10.1. The molecule has 1 aromatic carbocycles. The zero-order valence-electron chi connectivity index (χ0n) is 8.89. The molecule has 1 amide bonds. The average Bonchev–Trinajstić information content (AvgIpc) is 3.11. The molecular formula is C12H16N2O. The van der Waals surface area contributed by atoms with Crippen molar-refractivity contribution < 1.29 is 4.79 Å². The molecule has 3 heteroatoms. The van der Waals surface area contributed by atoms with Crippen LogP contribution in [0.15, 0.2) is 30.3 Å². The summed E-state index contributed by atoms with van der Waals surface area (Å²) in [5, 5.41) is 0. The van der Waals surface area contributed by atoms with Gasteiger partial charge in [-0.05, 0) is 18.4 Å². The number of carbonyl (C=O) groups is 1. The van der Waals surface area contributed by atoms with Crippen molar-refractivity contribution in [3.8, 4) is 0 Å². The maximum atomic E-state index is 11.9. The molecule has 1 fully saturated rings. The van der Waals surface area contributed by atoms with Gasteiger partial charge in [0.05, 0.1) is 0 Å². The molecule has 0 bridgehead atoms. The van der Waals surface area contributed by atoms with Crippen LogP contribution >= 0.6 is 0 Å². The van der Waals surface area contributed by atoms with Gasteiger partial charge in [-0.3, -0.25) is 4.79 Å². The van der Waals surface area contributed by atoms with Crippen LogP contribution in [0.3, 0.4) is 0 Å². The molecule has 0 spiro atoms. The predicted molar refractivity (Wildman–Crippen MR) is 59.2 cm³/mol. The van der Waals surface area contributed by atoms with Crippen molar-refractivity contribution in [1.82, 2.24) is 4.90 Å². The molecule has 0 radical (unpaired) electrons. The average molecular weight is 204 g/mol. The summed E-state index contributed by atoms with van der Waals surface area (Å²) >= 11 is 0. The lowest BCUT2D eigenvalue weighted by Crippen LogP contribution is -2.37. The molecule has 1 saturated carbocycles. The smallest absolute Gasteiger partial charge is 0.244 e. The fraction of sp³-hybridized carbons (Fsp3) is 0.417. The summed E-state index contributed by atoms with van der Waals surface area (Å²) < 4.78 is 0. The SMILES string of the molecule is CN(C(=O)[C@@H](N)c1ccccc1)C1CC1. The van der Waals surface area contributed by atoms with E-state index >= 15 is 0 Å². The van der Waals surface area contributed by atoms with Gasteiger partial charge in [-0.25, -0.2) is 0 Å². The Kier molecular flexibility index (Phi) is 2.73. The summed E-state index contributed by atoms with van der Waals surface area (Å²) in [5.74, 6) is 0.0173. The first kappa shape index (κ1) is 10.2. The standard InChI is InChI=1S/C12H16N2O/c1-14(10-7-8-10)12(15)11(13)9-5-3-2-4-6-9/h2-6,10-11H,7-8,13H2,1H3/t11-/m0/s1. The van der Waals surface area contributed by atoms with E-state index in [9.17, 15) is 4.79 Å². The highest BCUT2D eigenvalue weighted by Crippen LogP contribution is 2.27. The zero-order valence-corrected chi connectivity index (χ0v) is 8.89. The first-order chi connectivity index (χ1) is 7.20. The minimum absolute atomic E-state index is 0.0173. The van der Waals surface area contributed by atoms with Crippen LogP contribution in [0.1, 0.15) is 24.4 Å². The van der Waals surface area contributed by atoms with E-state index in [0.717, 1.165) is 18.4 Å². The van der Waals surface area contributed by atoms with Crippen molar-refractivity contribution in [3.05, 3.63) is 35.9 Å². The molecule has 0 aromatic heterocycles. The Hall–Kier alpha value is -1.35. The Morgan fingerprint density at radius 3 is 2.53 bits per heavy atom. The second-order valence-corrected chi connectivity index (χ2v) is 4.07. The quantitative estimate of drug-likeness (QED) is 0.806. The number of likely N-dealkylation sites (N-methyl/N-ethyl adjacent to an activating group) is 1. The molecule has 1 aromatic rings. The highest BCUT2D eigenvalue weighted by atomic mass is 16.2. The minimum atomic E-state index is -0.517. The molecule has 1 atom stereocenters. The Balaban J connectivity index is 2.07. The molecule has 2 rings (SSSR count). The van der Waals surface area contributed by atoms with Crippen LogP contribution in [0, 0.1) is 0 Å². The number of carbonyl (C=O) groups excluding carboxylic acids is 1. The second kappa shape index (κ2) is 4.03. The van der Waals surface area contributed by atoms with E-state index in [1.807, 2.05) is 37.4 Å². The van der Waals surface area contributed by atoms with Crippen LogP contribution in [-0.4, -0.2) is 23.9 Å². The van der Waals surface area contributed by atoms with Gasteiger partial charge in [0.2, 0.25) is 5.91 Å². The van der Waals surface area contributed by atoms with Gasteiger partial charge < -0.3 is 10.6 Å². The number of amides is 1. The van der Waals surface area contributed by atoms with E-state index in [4.69, 9.17) is 5.73 Å². The number of nitrogens with two attached hydrogens (primary N) is 1. The second-order valence-electron chi connectivity index (χ2n) is 4.07. The van der Waals surface area contributed by atoms with E-state index in [0.29, 0.717) is 6.04 Å². The van der Waals surface area contributed by atoms with Gasteiger partial charge >= 0.3 is 0 Å². The fourth-order valence-electron chi connectivity index (χ4n) is 1.66. The first-order valence-corrected chi connectivity index (χ1v) is 5.27. The molecule has 0 heterocycles. The highest BCUT2D eigenvalue weighted by molar-refractivity contribution is 5.83. The number of benzene rings is 1. The summed E-state index contributed by atoms with van der Waals surface area (Å²) in [6.45, 7) is 0. The van der Waals surface area contributed by atoms with Gasteiger partial charge in [-0.1, -0.05) is 30.3 Å². The van der Waals surface area contributed by atoms with Crippen molar-refractivity contribution in [2.45, 2.75) is 24.9 Å². The Morgan fingerprint density at radius 1 is 1.40 bits per heavy atom. The molecular weight excluding hydrogens is 188 g/mol. The van der Waals surface area contributed by atoms with Crippen LogP contribution < -0.4 is 5.73 Å². The minimum Gasteiger partial charge on any atom is -0.341 e. The van der Waals surface area contributed by atoms with Crippen molar-refractivity contribution in [3.63, 3.8) is 0 Å². The monoisotopic (exact) mass is 204 g/mol. The molecule has 15 heavy (non-hydrogen) atoms. The van der Waals surface area contributed by atoms with E-state index in [1.54, 1.807) is 4.90 Å². The van der Waals surface area contributed by atoms with E-state index in [1.165, 1.54) is 0 Å². The maximum absolute atomic E-state index is 11.9. The van der Waals surface area contributed by atoms with Gasteiger partial charge in [-0.2, -0.15) is 0 Å². The van der Waals surface area contributed by atoms with Crippen molar-refractivity contribution in [2.24, 2.45) is 5.73 Å². The third-order valence-corrected chi connectivity index (χ3v) is 2.87. The van der Waals surface area contributed by atoms with Crippen LogP contribution in [0.4, 0.5) is 0 Å². The molecule has 3 nitrogen and oxygen atoms in total. The zero-order chi connectivity index (χ0) is 10.8. The number of rotatable bonds is 3. The topological polar surface area (TPSA) is 46.3 Å². The van der Waals surface area contributed by atoms with Crippen LogP contribution in [-0.2, 0) is 4.79 Å². The van der Waals surface area contributed by atoms with Gasteiger partial charge in [-0.15, -0.1) is 0 Å². The largest absolute Gasteiger partial charge is 0.341 e. The molecule has 2 N–H and O–H groups in total. The van der Waals surface area contributed by atoms with Gasteiger partial charge in [0.25, 0.3) is 0 Å². The lowest BCUT2D eigenvalue weighted by Gasteiger charge is -2.21. The van der Waals surface area contributed by atoms with Crippen molar-refractivity contribution >= 4 is 5.91 Å². The third kappa shape index (κ3) is 2.18. The summed E-state index contributed by atoms with van der Waals surface area (Å²) in [6.07, 6.45) is 2.23. The Bertz CT molecular complexity index is 346. The van der Waals surface area contributed by atoms with Crippen LogP contribution in [0.25, 0.3) is 0 Å². The number of nitrogens with zero attached hydrogens (tertiary/aromatic N) is 1. The molecule has 0 saturated heterocycles. The molecule has 1 aliphatic rings. The van der Waals surface area contributed by atoms with E-state index in [-0.39, 0.29) is 5.91 Å². The summed E-state index contributed by atoms with van der Waals surface area (Å²) in [4.78, 5) is 13.7. The third-order valence-electron chi connectivity index (χ3n) is 2.87. The summed E-state index contributed by atoms with van der Waals surface area (Å²) in [7, 11) is 1.84. The van der Waals surface area contributed by atoms with E-state index in [2.05, 4.69) is 0 Å². The van der Waals surface area contributed by atoms with E-state index < -0.39 is 6.04 Å². The summed E-state index contributed by atoms with van der Waals surface area (Å²) in [5.41, 5.74) is 6.80. The normalized spacial score (nSPS) is 17.2. The molecule has 80 valence electrons. The van der Waals surface area contributed by atoms with Crippen molar-refractivity contribution in [2.75, 3.05) is 7.05 Å². The van der Waals surface area contributed by atoms with Crippen LogP contribution in [0.5, 0.6) is 0 Å². The van der Waals surface area contributed by atoms with Gasteiger partial charge in [0.15, 0.2) is 0 Å². The Labute approximate surface area is 89.9 Å². The van der Waals surface area contributed by atoms with Gasteiger partial charge in [0.1, 0.15) is 6.04 Å². The maximum Gasteiger partial charge on any atom is 0.244 e. The van der Waals surface area contributed by atoms with Gasteiger partial charge in [0, 0.05) is 13.1 Å². The molecule has 0 aliphatic heterocycles. The fourth-order valence-corrected chi connectivity index (χ4v) is 1.66. The van der Waals surface area contributed by atoms with Crippen LogP contribution in [0.2, 0.25) is 0 Å².